The fourth-order valence-corrected chi connectivity index (χ4v) is 3.56. The van der Waals surface area contributed by atoms with E-state index < -0.39 is 10.0 Å². The van der Waals surface area contributed by atoms with Crippen LogP contribution in [0.3, 0.4) is 0 Å². The van der Waals surface area contributed by atoms with Gasteiger partial charge in [0.1, 0.15) is 0 Å². The van der Waals surface area contributed by atoms with Gasteiger partial charge in [0.05, 0.1) is 5.75 Å². The zero-order valence-electron chi connectivity index (χ0n) is 11.3. The van der Waals surface area contributed by atoms with Crippen molar-refractivity contribution >= 4 is 27.3 Å². The van der Waals surface area contributed by atoms with Crippen LogP contribution in [-0.2, 0) is 10.0 Å². The molecule has 0 atom stereocenters. The smallest absolute Gasteiger partial charge is 0.213 e. The van der Waals surface area contributed by atoms with Crippen LogP contribution >= 0.6 is 11.6 Å². The third-order valence-electron chi connectivity index (χ3n) is 3.51. The second kappa shape index (κ2) is 5.69. The minimum absolute atomic E-state index is 0.170. The Morgan fingerprint density at radius 3 is 2.42 bits per heavy atom. The number of anilines is 1. The van der Waals surface area contributed by atoms with Crippen molar-refractivity contribution in [1.29, 1.82) is 0 Å². The number of aryl methyl sites for hydroxylation is 1. The minimum Gasteiger partial charge on any atom is -0.369 e. The zero-order valence-corrected chi connectivity index (χ0v) is 12.8. The molecular weight excluding hydrogens is 284 g/mol. The molecule has 0 radical (unpaired) electrons. The number of benzene rings is 1. The van der Waals surface area contributed by atoms with Crippen LogP contribution < -0.4 is 4.90 Å². The van der Waals surface area contributed by atoms with Gasteiger partial charge in [0.25, 0.3) is 0 Å². The lowest BCUT2D eigenvalue weighted by Crippen LogP contribution is -2.49. The summed E-state index contributed by atoms with van der Waals surface area (Å²) in [6.45, 7) is 6.23. The molecule has 0 aromatic heterocycles. The van der Waals surface area contributed by atoms with Crippen molar-refractivity contribution < 1.29 is 8.42 Å². The van der Waals surface area contributed by atoms with Gasteiger partial charge in [-0.05, 0) is 31.5 Å². The van der Waals surface area contributed by atoms with Crippen LogP contribution in [0.1, 0.15) is 12.5 Å². The maximum atomic E-state index is 11.8. The Balaban J connectivity index is 2.10. The summed E-state index contributed by atoms with van der Waals surface area (Å²) in [5.74, 6) is 0.170. The number of rotatable bonds is 3. The Bertz CT molecular complexity index is 552. The van der Waals surface area contributed by atoms with Crippen LogP contribution in [0.2, 0.25) is 5.02 Å². The third-order valence-corrected chi connectivity index (χ3v) is 5.63. The van der Waals surface area contributed by atoms with Crippen molar-refractivity contribution in [2.24, 2.45) is 0 Å². The summed E-state index contributed by atoms with van der Waals surface area (Å²) < 4.78 is 25.2. The number of piperazine rings is 1. The second-order valence-electron chi connectivity index (χ2n) is 4.72. The number of sulfonamides is 1. The Hall–Kier alpha value is -0.780. The van der Waals surface area contributed by atoms with Crippen molar-refractivity contribution in [2.75, 3.05) is 36.8 Å². The van der Waals surface area contributed by atoms with Crippen molar-refractivity contribution in [3.63, 3.8) is 0 Å². The summed E-state index contributed by atoms with van der Waals surface area (Å²) in [6, 6.07) is 5.81. The molecule has 106 valence electrons. The molecule has 0 aliphatic carbocycles. The number of halogens is 1. The average molecular weight is 303 g/mol. The SMILES string of the molecule is CCS(=O)(=O)N1CCN(c2cc(Cl)ccc2C)CC1. The summed E-state index contributed by atoms with van der Waals surface area (Å²) >= 11 is 6.03. The summed E-state index contributed by atoms with van der Waals surface area (Å²) in [7, 11) is -3.06. The third kappa shape index (κ3) is 3.22. The summed E-state index contributed by atoms with van der Waals surface area (Å²) in [6.07, 6.45) is 0. The molecular formula is C13H19ClN2O2S. The van der Waals surface area contributed by atoms with Crippen LogP contribution in [0.25, 0.3) is 0 Å². The van der Waals surface area contributed by atoms with Crippen molar-refractivity contribution in [3.05, 3.63) is 28.8 Å². The van der Waals surface area contributed by atoms with E-state index >= 15 is 0 Å². The number of hydrogen-bond donors (Lipinski definition) is 0. The lowest BCUT2D eigenvalue weighted by Gasteiger charge is -2.36. The Kier molecular flexibility index (Phi) is 4.38. The van der Waals surface area contributed by atoms with Gasteiger partial charge in [-0.1, -0.05) is 17.7 Å². The molecule has 0 bridgehead atoms. The highest BCUT2D eigenvalue weighted by Crippen LogP contribution is 2.25. The molecule has 0 spiro atoms. The van der Waals surface area contributed by atoms with Gasteiger partial charge in [-0.25, -0.2) is 8.42 Å². The highest BCUT2D eigenvalue weighted by atomic mass is 35.5. The summed E-state index contributed by atoms with van der Waals surface area (Å²) in [4.78, 5) is 2.20. The van der Waals surface area contributed by atoms with Gasteiger partial charge in [0.15, 0.2) is 0 Å². The van der Waals surface area contributed by atoms with E-state index in [2.05, 4.69) is 4.90 Å². The highest BCUT2D eigenvalue weighted by molar-refractivity contribution is 7.89. The van der Waals surface area contributed by atoms with E-state index in [0.717, 1.165) is 11.3 Å². The predicted molar refractivity (Wildman–Crippen MR) is 79.4 cm³/mol. The van der Waals surface area contributed by atoms with E-state index in [4.69, 9.17) is 11.6 Å². The zero-order chi connectivity index (χ0) is 14.0. The van der Waals surface area contributed by atoms with Crippen molar-refractivity contribution in [3.8, 4) is 0 Å². The summed E-state index contributed by atoms with van der Waals surface area (Å²) in [5, 5.41) is 0.712. The molecule has 2 rings (SSSR count). The first-order chi connectivity index (χ1) is 8.94. The van der Waals surface area contributed by atoms with E-state index in [0.29, 0.717) is 31.2 Å². The van der Waals surface area contributed by atoms with Crippen molar-refractivity contribution in [2.45, 2.75) is 13.8 Å². The molecule has 4 nitrogen and oxygen atoms in total. The molecule has 6 heteroatoms. The van der Waals surface area contributed by atoms with E-state index in [1.54, 1.807) is 11.2 Å². The van der Waals surface area contributed by atoms with E-state index in [1.807, 2.05) is 25.1 Å². The van der Waals surface area contributed by atoms with Crippen LogP contribution in [-0.4, -0.2) is 44.7 Å². The molecule has 0 unspecified atom stereocenters. The molecule has 0 saturated carbocycles. The molecule has 1 heterocycles. The molecule has 1 aromatic rings. The Morgan fingerprint density at radius 1 is 1.21 bits per heavy atom. The minimum atomic E-state index is -3.06. The fourth-order valence-electron chi connectivity index (χ4n) is 2.31. The molecule has 1 aromatic carbocycles. The fraction of sp³-hybridized carbons (Fsp3) is 0.538. The van der Waals surface area contributed by atoms with E-state index in [9.17, 15) is 8.42 Å². The van der Waals surface area contributed by atoms with Crippen LogP contribution in [0.15, 0.2) is 18.2 Å². The van der Waals surface area contributed by atoms with E-state index in [1.165, 1.54) is 0 Å². The van der Waals surface area contributed by atoms with Crippen LogP contribution in [0, 0.1) is 6.92 Å². The number of nitrogens with zero attached hydrogens (tertiary/aromatic N) is 2. The molecule has 0 N–H and O–H groups in total. The standard InChI is InChI=1S/C13H19ClN2O2S/c1-3-19(17,18)16-8-6-15(7-9-16)13-10-12(14)5-4-11(13)2/h4-5,10H,3,6-9H2,1-2H3. The summed E-state index contributed by atoms with van der Waals surface area (Å²) in [5.41, 5.74) is 2.26. The average Bonchev–Trinajstić information content (AvgIpc) is 2.42. The van der Waals surface area contributed by atoms with Gasteiger partial charge in [0, 0.05) is 36.9 Å². The van der Waals surface area contributed by atoms with Crippen LogP contribution in [0.4, 0.5) is 5.69 Å². The largest absolute Gasteiger partial charge is 0.369 e. The lowest BCUT2D eigenvalue weighted by molar-refractivity contribution is 0.385. The molecule has 1 aliphatic heterocycles. The Morgan fingerprint density at radius 2 is 1.84 bits per heavy atom. The van der Waals surface area contributed by atoms with Crippen molar-refractivity contribution in [1.82, 2.24) is 4.31 Å². The molecule has 1 fully saturated rings. The Labute approximate surface area is 120 Å². The first-order valence-corrected chi connectivity index (χ1v) is 8.41. The predicted octanol–water partition coefficient (Wildman–Crippen LogP) is 2.12. The normalized spacial score (nSPS) is 17.7. The van der Waals surface area contributed by atoms with Gasteiger partial charge < -0.3 is 4.90 Å². The van der Waals surface area contributed by atoms with Gasteiger partial charge in [0.2, 0.25) is 10.0 Å². The topological polar surface area (TPSA) is 40.6 Å². The van der Waals surface area contributed by atoms with Gasteiger partial charge in [-0.2, -0.15) is 4.31 Å². The van der Waals surface area contributed by atoms with Gasteiger partial charge in [-0.3, -0.25) is 0 Å². The molecule has 1 saturated heterocycles. The quantitative estimate of drug-likeness (QED) is 0.859. The monoisotopic (exact) mass is 302 g/mol. The second-order valence-corrected chi connectivity index (χ2v) is 7.41. The van der Waals surface area contributed by atoms with Gasteiger partial charge >= 0.3 is 0 Å². The maximum absolute atomic E-state index is 11.8. The van der Waals surface area contributed by atoms with Crippen LogP contribution in [0.5, 0.6) is 0 Å². The molecule has 0 amide bonds. The lowest BCUT2D eigenvalue weighted by atomic mass is 10.1. The maximum Gasteiger partial charge on any atom is 0.213 e. The first-order valence-electron chi connectivity index (χ1n) is 6.43. The van der Waals surface area contributed by atoms with E-state index in [-0.39, 0.29) is 5.75 Å². The molecule has 19 heavy (non-hydrogen) atoms. The highest BCUT2D eigenvalue weighted by Gasteiger charge is 2.25. The first kappa shape index (κ1) is 14.6. The number of hydrogen-bond acceptors (Lipinski definition) is 3. The molecule has 1 aliphatic rings. The van der Waals surface area contributed by atoms with Gasteiger partial charge in [-0.15, -0.1) is 0 Å².